The maximum atomic E-state index is 12.2. The van der Waals surface area contributed by atoms with Crippen LogP contribution in [0, 0.1) is 5.41 Å². The van der Waals surface area contributed by atoms with Crippen molar-refractivity contribution < 1.29 is 14.7 Å². The molecule has 0 spiro atoms. The minimum atomic E-state index is -0.836. The maximum absolute atomic E-state index is 12.2. The summed E-state index contributed by atoms with van der Waals surface area (Å²) in [7, 11) is 0. The minimum absolute atomic E-state index is 0.0637. The van der Waals surface area contributed by atoms with Gasteiger partial charge in [-0.3, -0.25) is 9.59 Å². The first-order chi connectivity index (χ1) is 9.07. The molecule has 102 valence electrons. The Kier molecular flexibility index (Phi) is 3.88. The normalized spacial score (nSPS) is 15.8. The van der Waals surface area contributed by atoms with E-state index in [-0.39, 0.29) is 12.3 Å². The molecule has 19 heavy (non-hydrogen) atoms. The standard InChI is InChI=1S/C15H19NO3/c1-2-16(11-12-6-4-3-5-7-12)13(17)10-15(8-9-15)14(18)19/h3-7H,2,8-11H2,1H3,(H,18,19). The summed E-state index contributed by atoms with van der Waals surface area (Å²) in [5.41, 5.74) is 0.291. The largest absolute Gasteiger partial charge is 0.481 e. The topological polar surface area (TPSA) is 57.6 Å². The highest BCUT2D eigenvalue weighted by Gasteiger charge is 2.52. The van der Waals surface area contributed by atoms with E-state index in [1.54, 1.807) is 4.90 Å². The quantitative estimate of drug-likeness (QED) is 0.854. The van der Waals surface area contributed by atoms with Gasteiger partial charge in [0.25, 0.3) is 0 Å². The van der Waals surface area contributed by atoms with Gasteiger partial charge in [0.05, 0.1) is 5.41 Å². The Morgan fingerprint density at radius 2 is 1.89 bits per heavy atom. The van der Waals surface area contributed by atoms with Gasteiger partial charge in [-0.2, -0.15) is 0 Å². The van der Waals surface area contributed by atoms with Crippen molar-refractivity contribution in [2.24, 2.45) is 5.41 Å². The lowest BCUT2D eigenvalue weighted by atomic mass is 10.0. The Morgan fingerprint density at radius 1 is 1.26 bits per heavy atom. The highest BCUT2D eigenvalue weighted by Crippen LogP contribution is 2.49. The molecule has 1 N–H and O–H groups in total. The molecule has 1 aliphatic rings. The molecule has 1 fully saturated rings. The van der Waals surface area contributed by atoms with Crippen molar-refractivity contribution in [1.82, 2.24) is 4.90 Å². The molecule has 0 unspecified atom stereocenters. The Labute approximate surface area is 113 Å². The van der Waals surface area contributed by atoms with Crippen LogP contribution in [0.25, 0.3) is 0 Å². The SMILES string of the molecule is CCN(Cc1ccccc1)C(=O)CC1(C(=O)O)CC1. The van der Waals surface area contributed by atoms with Crippen LogP contribution < -0.4 is 0 Å². The molecule has 1 aromatic rings. The number of nitrogens with zero attached hydrogens (tertiary/aromatic N) is 1. The molecule has 0 heterocycles. The van der Waals surface area contributed by atoms with Crippen LogP contribution in [0.2, 0.25) is 0 Å². The number of carboxylic acid groups (broad SMARTS) is 1. The number of hydrogen-bond acceptors (Lipinski definition) is 2. The van der Waals surface area contributed by atoms with E-state index in [1.807, 2.05) is 37.3 Å². The summed E-state index contributed by atoms with van der Waals surface area (Å²) in [5, 5.41) is 9.13. The first-order valence-corrected chi connectivity index (χ1v) is 6.62. The minimum Gasteiger partial charge on any atom is -0.481 e. The van der Waals surface area contributed by atoms with Gasteiger partial charge in [-0.25, -0.2) is 0 Å². The molecule has 0 atom stereocenters. The van der Waals surface area contributed by atoms with E-state index in [4.69, 9.17) is 5.11 Å². The fourth-order valence-electron chi connectivity index (χ4n) is 2.20. The summed E-state index contributed by atoms with van der Waals surface area (Å²) < 4.78 is 0. The fourth-order valence-corrected chi connectivity index (χ4v) is 2.20. The lowest BCUT2D eigenvalue weighted by molar-refractivity contribution is -0.147. The molecule has 0 radical (unpaired) electrons. The number of hydrogen-bond donors (Lipinski definition) is 1. The third-order valence-corrected chi connectivity index (χ3v) is 3.75. The van der Waals surface area contributed by atoms with Gasteiger partial charge in [0.15, 0.2) is 0 Å². The molecular formula is C15H19NO3. The summed E-state index contributed by atoms with van der Waals surface area (Å²) in [6, 6.07) is 9.76. The predicted octanol–water partition coefficient (Wildman–Crippen LogP) is 2.29. The van der Waals surface area contributed by atoms with Crippen LogP contribution >= 0.6 is 0 Å². The zero-order valence-electron chi connectivity index (χ0n) is 11.1. The average molecular weight is 261 g/mol. The zero-order chi connectivity index (χ0) is 13.9. The van der Waals surface area contributed by atoms with Gasteiger partial charge in [-0.1, -0.05) is 30.3 Å². The molecule has 0 bridgehead atoms. The Morgan fingerprint density at radius 3 is 2.37 bits per heavy atom. The van der Waals surface area contributed by atoms with Crippen molar-refractivity contribution >= 4 is 11.9 Å². The predicted molar refractivity (Wildman–Crippen MR) is 71.5 cm³/mol. The second-order valence-electron chi connectivity index (χ2n) is 5.16. The van der Waals surface area contributed by atoms with Crippen molar-refractivity contribution in [3.05, 3.63) is 35.9 Å². The van der Waals surface area contributed by atoms with E-state index in [0.29, 0.717) is 25.9 Å². The monoisotopic (exact) mass is 261 g/mol. The molecule has 4 nitrogen and oxygen atoms in total. The molecule has 2 rings (SSSR count). The van der Waals surface area contributed by atoms with Crippen LogP contribution in [0.5, 0.6) is 0 Å². The second kappa shape index (κ2) is 5.43. The summed E-state index contributed by atoms with van der Waals surface area (Å²) in [5.74, 6) is -0.900. The van der Waals surface area contributed by atoms with Gasteiger partial charge in [0.2, 0.25) is 5.91 Å². The van der Waals surface area contributed by atoms with E-state index in [9.17, 15) is 9.59 Å². The van der Waals surface area contributed by atoms with Crippen LogP contribution in [0.3, 0.4) is 0 Å². The summed E-state index contributed by atoms with van der Waals surface area (Å²) >= 11 is 0. The van der Waals surface area contributed by atoms with Crippen LogP contribution in [0.4, 0.5) is 0 Å². The smallest absolute Gasteiger partial charge is 0.310 e. The van der Waals surface area contributed by atoms with Crippen molar-refractivity contribution in [2.45, 2.75) is 32.7 Å². The molecule has 1 saturated carbocycles. The third kappa shape index (κ3) is 3.13. The first kappa shape index (κ1) is 13.6. The molecular weight excluding hydrogens is 242 g/mol. The number of carbonyl (C=O) groups excluding carboxylic acids is 1. The Bertz CT molecular complexity index is 466. The number of benzene rings is 1. The van der Waals surface area contributed by atoms with Gasteiger partial charge in [-0.15, -0.1) is 0 Å². The lowest BCUT2D eigenvalue weighted by Gasteiger charge is -2.22. The van der Waals surface area contributed by atoms with Gasteiger partial charge in [0.1, 0.15) is 0 Å². The van der Waals surface area contributed by atoms with Crippen molar-refractivity contribution in [2.75, 3.05) is 6.54 Å². The summed E-state index contributed by atoms with van der Waals surface area (Å²) in [6.45, 7) is 3.07. The van der Waals surface area contributed by atoms with Gasteiger partial charge >= 0.3 is 5.97 Å². The average Bonchev–Trinajstić information content (AvgIpc) is 3.18. The molecule has 4 heteroatoms. The number of carboxylic acids is 1. The molecule has 1 aliphatic carbocycles. The number of carbonyl (C=O) groups is 2. The first-order valence-electron chi connectivity index (χ1n) is 6.62. The van der Waals surface area contributed by atoms with Crippen molar-refractivity contribution in [3.8, 4) is 0 Å². The summed E-state index contributed by atoms with van der Waals surface area (Å²) in [6.07, 6.45) is 1.37. The van der Waals surface area contributed by atoms with Crippen molar-refractivity contribution in [3.63, 3.8) is 0 Å². The highest BCUT2D eigenvalue weighted by molar-refractivity contribution is 5.87. The molecule has 1 amide bonds. The Hall–Kier alpha value is -1.84. The van der Waals surface area contributed by atoms with Crippen LogP contribution in [-0.2, 0) is 16.1 Å². The number of rotatable bonds is 6. The third-order valence-electron chi connectivity index (χ3n) is 3.75. The molecule has 1 aromatic carbocycles. The fraction of sp³-hybridized carbons (Fsp3) is 0.467. The van der Waals surface area contributed by atoms with Crippen molar-refractivity contribution in [1.29, 1.82) is 0 Å². The van der Waals surface area contributed by atoms with E-state index in [2.05, 4.69) is 0 Å². The lowest BCUT2D eigenvalue weighted by Crippen LogP contribution is -2.33. The van der Waals surface area contributed by atoms with Crippen LogP contribution in [0.1, 0.15) is 31.7 Å². The maximum Gasteiger partial charge on any atom is 0.310 e. The Balaban J connectivity index is 1.98. The highest BCUT2D eigenvalue weighted by atomic mass is 16.4. The molecule has 0 aliphatic heterocycles. The van der Waals surface area contributed by atoms with E-state index >= 15 is 0 Å². The van der Waals surface area contributed by atoms with Gasteiger partial charge in [-0.05, 0) is 25.3 Å². The molecule has 0 aromatic heterocycles. The van der Waals surface area contributed by atoms with Gasteiger partial charge < -0.3 is 10.0 Å². The zero-order valence-corrected chi connectivity index (χ0v) is 11.1. The van der Waals surface area contributed by atoms with E-state index in [1.165, 1.54) is 0 Å². The summed E-state index contributed by atoms with van der Waals surface area (Å²) in [4.78, 5) is 25.0. The van der Waals surface area contributed by atoms with Gasteiger partial charge in [0, 0.05) is 19.5 Å². The number of amides is 1. The van der Waals surface area contributed by atoms with E-state index < -0.39 is 11.4 Å². The van der Waals surface area contributed by atoms with E-state index in [0.717, 1.165) is 5.56 Å². The number of aliphatic carboxylic acids is 1. The second-order valence-corrected chi connectivity index (χ2v) is 5.16. The van der Waals surface area contributed by atoms with Crippen LogP contribution in [-0.4, -0.2) is 28.4 Å². The van der Waals surface area contributed by atoms with Crippen LogP contribution in [0.15, 0.2) is 30.3 Å². The molecule has 0 saturated heterocycles.